The molecule has 0 aromatic rings. The van der Waals surface area contributed by atoms with Crippen molar-refractivity contribution in [2.45, 2.75) is 32.2 Å². The zero-order valence-electron chi connectivity index (χ0n) is 11.2. The summed E-state index contributed by atoms with van der Waals surface area (Å²) in [6.07, 6.45) is 2.77. The second-order valence-electron chi connectivity index (χ2n) is 4.59. The number of carbonyl (C=O) groups excluding carboxylic acids is 1. The summed E-state index contributed by atoms with van der Waals surface area (Å²) >= 11 is 5.13. The summed E-state index contributed by atoms with van der Waals surface area (Å²) in [5.41, 5.74) is 0. The third-order valence-corrected chi connectivity index (χ3v) is 3.14. The molecule has 0 aromatic heterocycles. The zero-order chi connectivity index (χ0) is 13.4. The molecule has 1 fully saturated rings. The van der Waals surface area contributed by atoms with E-state index in [4.69, 9.17) is 17.0 Å². The molecule has 1 saturated heterocycles. The Balaban J connectivity index is 2.09. The highest BCUT2D eigenvalue weighted by Gasteiger charge is 2.17. The lowest BCUT2D eigenvalue weighted by Crippen LogP contribution is -2.43. The van der Waals surface area contributed by atoms with E-state index in [1.54, 1.807) is 7.11 Å². The molecule has 1 unspecified atom stereocenters. The summed E-state index contributed by atoms with van der Waals surface area (Å²) in [6, 6.07) is 0.171. The van der Waals surface area contributed by atoms with Gasteiger partial charge in [-0.2, -0.15) is 0 Å². The number of likely N-dealkylation sites (tertiary alicyclic amines) is 1. The third kappa shape index (κ3) is 5.64. The molecule has 0 radical (unpaired) electrons. The van der Waals surface area contributed by atoms with Crippen molar-refractivity contribution in [3.8, 4) is 0 Å². The minimum atomic E-state index is 0.171. The molecular formula is C12H23N3O2S. The highest BCUT2D eigenvalue weighted by Crippen LogP contribution is 2.08. The molecule has 0 aliphatic carbocycles. The van der Waals surface area contributed by atoms with Crippen LogP contribution in [0.1, 0.15) is 26.2 Å². The molecule has 5 nitrogen and oxygen atoms in total. The maximum Gasteiger partial charge on any atom is 0.224 e. The minimum absolute atomic E-state index is 0.171. The van der Waals surface area contributed by atoms with Crippen molar-refractivity contribution in [2.24, 2.45) is 0 Å². The smallest absolute Gasteiger partial charge is 0.224 e. The van der Waals surface area contributed by atoms with E-state index >= 15 is 0 Å². The van der Waals surface area contributed by atoms with Crippen LogP contribution in [-0.2, 0) is 9.53 Å². The first-order valence-electron chi connectivity index (χ1n) is 6.44. The standard InChI is InChI=1S/C12H23N3O2S/c1-10(9-17-2)14-12(18)13-6-5-11(16)15-7-3-4-8-15/h10H,3-9H2,1-2H3,(H2,13,14,18). The van der Waals surface area contributed by atoms with Gasteiger partial charge in [-0.05, 0) is 32.0 Å². The van der Waals surface area contributed by atoms with Crippen molar-refractivity contribution >= 4 is 23.2 Å². The molecule has 1 amide bonds. The van der Waals surface area contributed by atoms with Gasteiger partial charge in [0.15, 0.2) is 5.11 Å². The average molecular weight is 273 g/mol. The van der Waals surface area contributed by atoms with Gasteiger partial charge in [-0.3, -0.25) is 4.79 Å². The SMILES string of the molecule is COCC(C)NC(=S)NCCC(=O)N1CCCC1. The lowest BCUT2D eigenvalue weighted by Gasteiger charge is -2.18. The number of thiocarbonyl (C=S) groups is 1. The summed E-state index contributed by atoms with van der Waals surface area (Å²) in [5, 5.41) is 6.72. The van der Waals surface area contributed by atoms with E-state index in [1.165, 1.54) is 0 Å². The van der Waals surface area contributed by atoms with Crippen LogP contribution in [0.15, 0.2) is 0 Å². The number of nitrogens with zero attached hydrogens (tertiary/aromatic N) is 1. The Labute approximate surface area is 114 Å². The summed E-state index contributed by atoms with van der Waals surface area (Å²) in [7, 11) is 1.66. The fourth-order valence-corrected chi connectivity index (χ4v) is 2.28. The van der Waals surface area contributed by atoms with E-state index in [1.807, 2.05) is 11.8 Å². The molecule has 1 aliphatic rings. The monoisotopic (exact) mass is 273 g/mol. The van der Waals surface area contributed by atoms with Gasteiger partial charge in [0.2, 0.25) is 5.91 Å². The normalized spacial score (nSPS) is 16.4. The van der Waals surface area contributed by atoms with Crippen molar-refractivity contribution in [3.63, 3.8) is 0 Å². The van der Waals surface area contributed by atoms with Gasteiger partial charge in [-0.15, -0.1) is 0 Å². The second kappa shape index (κ2) is 8.26. The van der Waals surface area contributed by atoms with Crippen LogP contribution in [0, 0.1) is 0 Å². The van der Waals surface area contributed by atoms with Crippen molar-refractivity contribution in [3.05, 3.63) is 0 Å². The number of ether oxygens (including phenoxy) is 1. The Bertz CT molecular complexity index is 280. The number of hydrogen-bond acceptors (Lipinski definition) is 3. The summed E-state index contributed by atoms with van der Waals surface area (Å²) in [5.74, 6) is 0.215. The average Bonchev–Trinajstić information content (AvgIpc) is 2.82. The Morgan fingerprint density at radius 1 is 1.44 bits per heavy atom. The van der Waals surface area contributed by atoms with Crippen molar-refractivity contribution < 1.29 is 9.53 Å². The molecule has 6 heteroatoms. The minimum Gasteiger partial charge on any atom is -0.383 e. The van der Waals surface area contributed by atoms with Crippen LogP contribution in [0.3, 0.4) is 0 Å². The molecule has 18 heavy (non-hydrogen) atoms. The van der Waals surface area contributed by atoms with Gasteiger partial charge in [0, 0.05) is 39.2 Å². The number of amides is 1. The predicted molar refractivity (Wildman–Crippen MR) is 75.5 cm³/mol. The van der Waals surface area contributed by atoms with Crippen molar-refractivity contribution in [2.75, 3.05) is 33.4 Å². The van der Waals surface area contributed by atoms with Crippen LogP contribution in [0.4, 0.5) is 0 Å². The van der Waals surface area contributed by atoms with Gasteiger partial charge in [0.05, 0.1) is 6.61 Å². The quantitative estimate of drug-likeness (QED) is 0.690. The number of carbonyl (C=O) groups is 1. The van der Waals surface area contributed by atoms with Gasteiger partial charge in [-0.1, -0.05) is 0 Å². The maximum atomic E-state index is 11.8. The fraction of sp³-hybridized carbons (Fsp3) is 0.833. The van der Waals surface area contributed by atoms with Crippen LogP contribution in [-0.4, -0.2) is 55.3 Å². The molecule has 0 spiro atoms. The largest absolute Gasteiger partial charge is 0.383 e. The Kier molecular flexibility index (Phi) is 6.97. The van der Waals surface area contributed by atoms with Crippen LogP contribution < -0.4 is 10.6 Å². The van der Waals surface area contributed by atoms with Crippen molar-refractivity contribution in [1.29, 1.82) is 0 Å². The van der Waals surface area contributed by atoms with Crippen LogP contribution in [0.2, 0.25) is 0 Å². The number of hydrogen-bond donors (Lipinski definition) is 2. The molecule has 0 saturated carbocycles. The van der Waals surface area contributed by atoms with Gasteiger partial charge >= 0.3 is 0 Å². The molecule has 2 N–H and O–H groups in total. The molecule has 104 valence electrons. The van der Waals surface area contributed by atoms with Crippen LogP contribution in [0.5, 0.6) is 0 Å². The second-order valence-corrected chi connectivity index (χ2v) is 5.00. The molecule has 1 aliphatic heterocycles. The lowest BCUT2D eigenvalue weighted by molar-refractivity contribution is -0.129. The zero-order valence-corrected chi connectivity index (χ0v) is 12.0. The summed E-state index contributed by atoms with van der Waals surface area (Å²) in [6.45, 7) is 5.00. The van der Waals surface area contributed by atoms with Gasteiger partial charge in [-0.25, -0.2) is 0 Å². The Morgan fingerprint density at radius 3 is 2.72 bits per heavy atom. The van der Waals surface area contributed by atoms with Crippen LogP contribution >= 0.6 is 12.2 Å². The van der Waals surface area contributed by atoms with E-state index < -0.39 is 0 Å². The van der Waals surface area contributed by atoms with E-state index in [2.05, 4.69) is 10.6 Å². The molecule has 1 heterocycles. The van der Waals surface area contributed by atoms with E-state index in [0.717, 1.165) is 25.9 Å². The molecule has 0 bridgehead atoms. The van der Waals surface area contributed by atoms with E-state index in [0.29, 0.717) is 24.7 Å². The Hall–Kier alpha value is -0.880. The number of methoxy groups -OCH3 is 1. The molecule has 0 aromatic carbocycles. The fourth-order valence-electron chi connectivity index (χ4n) is 1.97. The molecule has 1 rings (SSSR count). The number of nitrogens with one attached hydrogen (secondary N) is 2. The predicted octanol–water partition coefficient (Wildman–Crippen LogP) is 0.498. The molecular weight excluding hydrogens is 250 g/mol. The summed E-state index contributed by atoms with van der Waals surface area (Å²) in [4.78, 5) is 13.7. The lowest BCUT2D eigenvalue weighted by atomic mass is 10.3. The topological polar surface area (TPSA) is 53.6 Å². The van der Waals surface area contributed by atoms with Gasteiger partial charge < -0.3 is 20.3 Å². The van der Waals surface area contributed by atoms with Crippen molar-refractivity contribution in [1.82, 2.24) is 15.5 Å². The summed E-state index contributed by atoms with van der Waals surface area (Å²) < 4.78 is 5.00. The van der Waals surface area contributed by atoms with Gasteiger partial charge in [0.25, 0.3) is 0 Å². The third-order valence-electron chi connectivity index (χ3n) is 2.88. The highest BCUT2D eigenvalue weighted by molar-refractivity contribution is 7.80. The Morgan fingerprint density at radius 2 is 2.11 bits per heavy atom. The van der Waals surface area contributed by atoms with E-state index in [-0.39, 0.29) is 11.9 Å². The first kappa shape index (κ1) is 15.2. The highest BCUT2D eigenvalue weighted by atomic mass is 32.1. The maximum absolute atomic E-state index is 11.8. The number of rotatable bonds is 6. The first-order chi connectivity index (χ1) is 8.63. The van der Waals surface area contributed by atoms with Crippen LogP contribution in [0.25, 0.3) is 0 Å². The van der Waals surface area contributed by atoms with Gasteiger partial charge in [0.1, 0.15) is 0 Å². The molecule has 1 atom stereocenters. The first-order valence-corrected chi connectivity index (χ1v) is 6.85. The van der Waals surface area contributed by atoms with E-state index in [9.17, 15) is 4.79 Å².